The highest BCUT2D eigenvalue weighted by molar-refractivity contribution is 7.99. The second-order valence-corrected chi connectivity index (χ2v) is 7.88. The molecule has 0 saturated carbocycles. The fourth-order valence-corrected chi connectivity index (χ4v) is 4.15. The van der Waals surface area contributed by atoms with Gasteiger partial charge >= 0.3 is 0 Å². The summed E-state index contributed by atoms with van der Waals surface area (Å²) in [4.78, 5) is 29.5. The zero-order valence-corrected chi connectivity index (χ0v) is 17.6. The van der Waals surface area contributed by atoms with Crippen molar-refractivity contribution in [2.45, 2.75) is 25.0 Å². The van der Waals surface area contributed by atoms with Crippen LogP contribution in [0.1, 0.15) is 12.5 Å². The van der Waals surface area contributed by atoms with Gasteiger partial charge in [0.15, 0.2) is 5.16 Å². The van der Waals surface area contributed by atoms with E-state index in [2.05, 4.69) is 10.3 Å². The van der Waals surface area contributed by atoms with Crippen molar-refractivity contribution in [3.63, 3.8) is 0 Å². The summed E-state index contributed by atoms with van der Waals surface area (Å²) in [5.41, 5.74) is 1.38. The standard InChI is InChI=1S/C20H19Cl2N3O2S/c1-2-23-18(26)12-28-20-24-17-6-4-3-5-15(17)19(27)25(20)10-9-13-7-8-14(21)11-16(13)22/h3-8,11H,2,9-10,12H2,1H3,(H,23,26). The first-order valence-corrected chi connectivity index (χ1v) is 10.6. The van der Waals surface area contributed by atoms with Gasteiger partial charge < -0.3 is 5.32 Å². The Hall–Kier alpha value is -2.02. The first kappa shape index (κ1) is 20.7. The molecule has 0 aliphatic rings. The molecule has 1 aromatic heterocycles. The molecule has 1 N–H and O–H groups in total. The van der Waals surface area contributed by atoms with Gasteiger partial charge in [-0.3, -0.25) is 14.2 Å². The summed E-state index contributed by atoms with van der Waals surface area (Å²) >= 11 is 13.5. The summed E-state index contributed by atoms with van der Waals surface area (Å²) in [5.74, 6) is 0.0996. The van der Waals surface area contributed by atoms with Crippen LogP contribution in [0.25, 0.3) is 10.9 Å². The van der Waals surface area contributed by atoms with Crippen LogP contribution in [0, 0.1) is 0 Å². The maximum Gasteiger partial charge on any atom is 0.262 e. The fourth-order valence-electron chi connectivity index (χ4n) is 2.79. The topological polar surface area (TPSA) is 64.0 Å². The van der Waals surface area contributed by atoms with E-state index >= 15 is 0 Å². The van der Waals surface area contributed by atoms with Crippen LogP contribution in [0.15, 0.2) is 52.4 Å². The molecule has 0 fully saturated rings. The minimum atomic E-state index is -0.130. The number of rotatable bonds is 7. The van der Waals surface area contributed by atoms with Gasteiger partial charge in [-0.25, -0.2) is 4.98 Å². The predicted octanol–water partition coefficient (Wildman–Crippen LogP) is 4.17. The molecule has 3 aromatic rings. The lowest BCUT2D eigenvalue weighted by Gasteiger charge is -2.13. The molecule has 1 amide bonds. The Morgan fingerprint density at radius 1 is 1.21 bits per heavy atom. The average Bonchev–Trinajstić information content (AvgIpc) is 2.67. The zero-order chi connectivity index (χ0) is 20.1. The summed E-state index contributed by atoms with van der Waals surface area (Å²) in [6, 6.07) is 12.5. The van der Waals surface area contributed by atoms with Gasteiger partial charge in [0.1, 0.15) is 0 Å². The summed E-state index contributed by atoms with van der Waals surface area (Å²) in [6.07, 6.45) is 0.546. The summed E-state index contributed by atoms with van der Waals surface area (Å²) in [6.45, 7) is 2.82. The van der Waals surface area contributed by atoms with Crippen molar-refractivity contribution in [1.82, 2.24) is 14.9 Å². The lowest BCUT2D eigenvalue weighted by atomic mass is 10.1. The third-order valence-electron chi connectivity index (χ3n) is 4.15. The average molecular weight is 436 g/mol. The lowest BCUT2D eigenvalue weighted by molar-refractivity contribution is -0.118. The molecule has 0 aliphatic carbocycles. The molecule has 0 saturated heterocycles. The fraction of sp³-hybridized carbons (Fsp3) is 0.250. The molecule has 3 rings (SSSR count). The largest absolute Gasteiger partial charge is 0.356 e. The molecule has 5 nitrogen and oxygen atoms in total. The zero-order valence-electron chi connectivity index (χ0n) is 15.2. The quantitative estimate of drug-likeness (QED) is 0.446. The Labute approximate surface area is 177 Å². The second kappa shape index (κ2) is 9.45. The van der Waals surface area contributed by atoms with Crippen LogP contribution in [-0.4, -0.2) is 27.8 Å². The number of aryl methyl sites for hydroxylation is 1. The van der Waals surface area contributed by atoms with E-state index in [1.165, 1.54) is 11.8 Å². The summed E-state index contributed by atoms with van der Waals surface area (Å²) in [7, 11) is 0. The van der Waals surface area contributed by atoms with Crippen LogP contribution in [0.3, 0.4) is 0 Å². The van der Waals surface area contributed by atoms with Crippen LogP contribution < -0.4 is 10.9 Å². The molecule has 28 heavy (non-hydrogen) atoms. The van der Waals surface area contributed by atoms with Crippen molar-refractivity contribution in [2.24, 2.45) is 0 Å². The maximum atomic E-state index is 13.0. The van der Waals surface area contributed by atoms with Gasteiger partial charge in [-0.15, -0.1) is 0 Å². The Kier molecular flexibility index (Phi) is 6.99. The van der Waals surface area contributed by atoms with Gasteiger partial charge in [0.2, 0.25) is 5.91 Å². The molecule has 0 radical (unpaired) electrons. The van der Waals surface area contributed by atoms with E-state index in [0.717, 1.165) is 5.56 Å². The number of fused-ring (bicyclic) bond motifs is 1. The van der Waals surface area contributed by atoms with Gasteiger partial charge in [-0.2, -0.15) is 0 Å². The predicted molar refractivity (Wildman–Crippen MR) is 116 cm³/mol. The monoisotopic (exact) mass is 435 g/mol. The number of amides is 1. The molecular formula is C20H19Cl2N3O2S. The van der Waals surface area contributed by atoms with Crippen molar-refractivity contribution >= 4 is 51.8 Å². The number of nitrogens with one attached hydrogen (secondary N) is 1. The highest BCUT2D eigenvalue weighted by Crippen LogP contribution is 2.23. The second-order valence-electron chi connectivity index (χ2n) is 6.10. The molecule has 146 valence electrons. The smallest absolute Gasteiger partial charge is 0.262 e. The number of aromatic nitrogens is 2. The molecule has 1 heterocycles. The van der Waals surface area contributed by atoms with E-state index < -0.39 is 0 Å². The summed E-state index contributed by atoms with van der Waals surface area (Å²) < 4.78 is 1.61. The van der Waals surface area contributed by atoms with E-state index in [1.807, 2.05) is 25.1 Å². The first-order valence-electron chi connectivity index (χ1n) is 8.82. The Morgan fingerprint density at radius 2 is 2.00 bits per heavy atom. The van der Waals surface area contributed by atoms with Crippen molar-refractivity contribution in [1.29, 1.82) is 0 Å². The van der Waals surface area contributed by atoms with Gasteiger partial charge in [0, 0.05) is 23.1 Å². The van der Waals surface area contributed by atoms with E-state index in [0.29, 0.717) is 45.6 Å². The molecule has 0 atom stereocenters. The maximum absolute atomic E-state index is 13.0. The van der Waals surface area contributed by atoms with Gasteiger partial charge in [0.05, 0.1) is 16.7 Å². The lowest BCUT2D eigenvalue weighted by Crippen LogP contribution is -2.27. The molecule has 0 spiro atoms. The minimum Gasteiger partial charge on any atom is -0.356 e. The number of nitrogens with zero attached hydrogens (tertiary/aromatic N) is 2. The molecule has 2 aromatic carbocycles. The van der Waals surface area contributed by atoms with Crippen LogP contribution in [0.2, 0.25) is 10.0 Å². The molecule has 8 heteroatoms. The van der Waals surface area contributed by atoms with Crippen LogP contribution in [-0.2, 0) is 17.8 Å². The number of benzene rings is 2. The third-order valence-corrected chi connectivity index (χ3v) is 5.72. The number of hydrogen-bond donors (Lipinski definition) is 1. The highest BCUT2D eigenvalue weighted by Gasteiger charge is 2.14. The highest BCUT2D eigenvalue weighted by atomic mass is 35.5. The van der Waals surface area contributed by atoms with Crippen LogP contribution in [0.5, 0.6) is 0 Å². The Bertz CT molecular complexity index is 1070. The molecular weight excluding hydrogens is 417 g/mol. The number of carbonyl (C=O) groups is 1. The Morgan fingerprint density at radius 3 is 2.75 bits per heavy atom. The number of carbonyl (C=O) groups excluding carboxylic acids is 1. The van der Waals surface area contributed by atoms with Gasteiger partial charge in [-0.05, 0) is 43.2 Å². The third kappa shape index (κ3) is 4.87. The molecule has 0 unspecified atom stereocenters. The molecule has 0 aliphatic heterocycles. The van der Waals surface area contributed by atoms with Crippen molar-refractivity contribution < 1.29 is 4.79 Å². The Balaban J connectivity index is 1.93. The normalized spacial score (nSPS) is 11.0. The van der Waals surface area contributed by atoms with Crippen molar-refractivity contribution in [2.75, 3.05) is 12.3 Å². The van der Waals surface area contributed by atoms with E-state index in [4.69, 9.17) is 23.2 Å². The number of thioether (sulfide) groups is 1. The van der Waals surface area contributed by atoms with Gasteiger partial charge in [-0.1, -0.05) is 53.2 Å². The molecule has 0 bridgehead atoms. The van der Waals surface area contributed by atoms with Crippen LogP contribution >= 0.6 is 35.0 Å². The van der Waals surface area contributed by atoms with Gasteiger partial charge in [0.25, 0.3) is 5.56 Å². The van der Waals surface area contributed by atoms with Crippen LogP contribution in [0.4, 0.5) is 0 Å². The first-order chi connectivity index (χ1) is 13.5. The number of para-hydroxylation sites is 1. The SMILES string of the molecule is CCNC(=O)CSc1nc2ccccc2c(=O)n1CCc1ccc(Cl)cc1Cl. The number of halogens is 2. The van der Waals surface area contributed by atoms with E-state index in [-0.39, 0.29) is 17.2 Å². The summed E-state index contributed by atoms with van der Waals surface area (Å²) in [5, 5.41) is 4.94. The minimum absolute atomic E-state index is 0.0952. The van der Waals surface area contributed by atoms with E-state index in [1.54, 1.807) is 28.8 Å². The van der Waals surface area contributed by atoms with E-state index in [9.17, 15) is 9.59 Å². The number of hydrogen-bond acceptors (Lipinski definition) is 4. The van der Waals surface area contributed by atoms with Crippen molar-refractivity contribution in [3.05, 3.63) is 68.4 Å². The van der Waals surface area contributed by atoms with Crippen molar-refractivity contribution in [3.8, 4) is 0 Å².